The van der Waals surface area contributed by atoms with Gasteiger partial charge in [0.2, 0.25) is 5.91 Å². The van der Waals surface area contributed by atoms with Crippen molar-refractivity contribution in [1.82, 2.24) is 4.98 Å². The fourth-order valence-corrected chi connectivity index (χ4v) is 3.97. The van der Waals surface area contributed by atoms with Crippen LogP contribution in [0.2, 0.25) is 0 Å². The van der Waals surface area contributed by atoms with Crippen molar-refractivity contribution < 1.29 is 27.1 Å². The van der Waals surface area contributed by atoms with Gasteiger partial charge in [-0.05, 0) is 57.2 Å². The molecule has 2 fully saturated rings. The molecule has 176 valence electrons. The smallest absolute Gasteiger partial charge is 0.416 e. The van der Waals surface area contributed by atoms with Crippen molar-refractivity contribution in [3.63, 3.8) is 0 Å². The van der Waals surface area contributed by atoms with E-state index in [1.807, 2.05) is 18.2 Å². The number of carbonyl (C=O) groups excluding carboxylic acids is 1. The summed E-state index contributed by atoms with van der Waals surface area (Å²) in [5, 5.41) is 3.85. The lowest BCUT2D eigenvalue weighted by Gasteiger charge is -2.37. The third kappa shape index (κ3) is 5.67. The second-order valence-corrected chi connectivity index (χ2v) is 8.95. The van der Waals surface area contributed by atoms with Crippen LogP contribution >= 0.6 is 0 Å². The number of anilines is 1. The van der Waals surface area contributed by atoms with Crippen LogP contribution in [0.3, 0.4) is 0 Å². The van der Waals surface area contributed by atoms with Crippen LogP contribution in [0.5, 0.6) is 5.75 Å². The van der Waals surface area contributed by atoms with Gasteiger partial charge in [0.1, 0.15) is 11.4 Å². The fraction of sp³-hybridized carbons (Fsp3) is 0.400. The number of benzene rings is 2. The number of aromatic nitrogens is 1. The molecule has 8 heteroatoms. The number of H-pyrrole nitrogens is 1. The highest BCUT2D eigenvalue weighted by atomic mass is 19.4. The summed E-state index contributed by atoms with van der Waals surface area (Å²) < 4.78 is 54.8. The summed E-state index contributed by atoms with van der Waals surface area (Å²) in [6.45, 7) is 1.55. The number of aromatic amines is 1. The minimum absolute atomic E-state index is 0.105. The van der Waals surface area contributed by atoms with Gasteiger partial charge >= 0.3 is 6.18 Å². The maximum absolute atomic E-state index is 13.6. The van der Waals surface area contributed by atoms with Crippen LogP contribution < -0.4 is 10.1 Å². The van der Waals surface area contributed by atoms with Gasteiger partial charge in [-0.3, -0.25) is 4.79 Å². The monoisotopic (exact) mass is 462 g/mol. The van der Waals surface area contributed by atoms with Crippen molar-refractivity contribution in [2.75, 3.05) is 5.32 Å². The molecule has 1 amide bonds. The lowest BCUT2D eigenvalue weighted by Crippen LogP contribution is -2.43. The summed E-state index contributed by atoms with van der Waals surface area (Å²) >= 11 is 0. The van der Waals surface area contributed by atoms with Crippen molar-refractivity contribution in [2.45, 2.75) is 57.0 Å². The van der Waals surface area contributed by atoms with Gasteiger partial charge in [-0.1, -0.05) is 30.3 Å². The molecule has 2 aliphatic rings. The maximum Gasteiger partial charge on any atom is 0.416 e. The Kier molecular flexibility index (Phi) is 6.36. The van der Waals surface area contributed by atoms with E-state index in [0.717, 1.165) is 47.3 Å². The van der Waals surface area contributed by atoms with Crippen LogP contribution in [-0.2, 0) is 11.0 Å². The largest absolute Gasteiger partial charge is 0.490 e. The molecule has 2 aliphatic carbocycles. The molecule has 0 bridgehead atoms. The van der Waals surface area contributed by atoms with E-state index in [4.69, 9.17) is 4.74 Å². The minimum atomic E-state index is -4.21. The fourth-order valence-electron chi connectivity index (χ4n) is 3.97. The van der Waals surface area contributed by atoms with Crippen LogP contribution in [0.25, 0.3) is 10.9 Å². The van der Waals surface area contributed by atoms with Gasteiger partial charge in [0, 0.05) is 23.0 Å². The molecule has 2 aromatic carbocycles. The maximum atomic E-state index is 13.6. The zero-order chi connectivity index (χ0) is 23.6. The topological polar surface area (TPSA) is 54.1 Å². The molecule has 0 spiro atoms. The molecular weight excluding hydrogens is 436 g/mol. The number of hydrogen-bond donors (Lipinski definition) is 2. The van der Waals surface area contributed by atoms with Crippen molar-refractivity contribution in [1.29, 1.82) is 0 Å². The van der Waals surface area contributed by atoms with E-state index in [1.54, 1.807) is 19.2 Å². The number of hydrogen-bond acceptors (Lipinski definition) is 2. The Morgan fingerprint density at radius 3 is 2.36 bits per heavy atom. The van der Waals surface area contributed by atoms with E-state index in [1.165, 1.54) is 18.6 Å². The molecule has 33 heavy (non-hydrogen) atoms. The average Bonchev–Trinajstić information content (AvgIpc) is 3.11. The highest BCUT2D eigenvalue weighted by molar-refractivity contribution is 6.03. The number of fused-ring (bicyclic) bond motifs is 1. The van der Waals surface area contributed by atoms with E-state index in [-0.39, 0.29) is 11.8 Å². The SMILES string of the molecule is CC1(F)CC(C(=O)Nc2c[nH]c3ccc(OC4CCC4)cc23)C1.FC(F)(F)c1ccccc1. The molecule has 1 heterocycles. The van der Waals surface area contributed by atoms with Crippen LogP contribution in [0.1, 0.15) is 44.6 Å². The second kappa shape index (κ2) is 9.08. The number of rotatable bonds is 4. The highest BCUT2D eigenvalue weighted by Crippen LogP contribution is 2.41. The highest BCUT2D eigenvalue weighted by Gasteiger charge is 2.44. The lowest BCUT2D eigenvalue weighted by atomic mass is 9.73. The van der Waals surface area contributed by atoms with Gasteiger partial charge in [-0.25, -0.2) is 4.39 Å². The first-order chi connectivity index (χ1) is 15.6. The summed E-state index contributed by atoms with van der Waals surface area (Å²) in [5.41, 5.74) is -0.108. The predicted octanol–water partition coefficient (Wildman–Crippen LogP) is 6.88. The molecule has 0 atom stereocenters. The number of amides is 1. The molecule has 3 aromatic rings. The third-order valence-corrected chi connectivity index (χ3v) is 6.08. The van der Waals surface area contributed by atoms with Gasteiger partial charge in [0.15, 0.2) is 0 Å². The molecule has 4 nitrogen and oxygen atoms in total. The van der Waals surface area contributed by atoms with E-state index >= 15 is 0 Å². The summed E-state index contributed by atoms with van der Waals surface area (Å²) in [6, 6.07) is 12.2. The number of carbonyl (C=O) groups is 1. The quantitative estimate of drug-likeness (QED) is 0.415. The molecular formula is C25H26F4N2O2. The van der Waals surface area contributed by atoms with Crippen LogP contribution in [-0.4, -0.2) is 22.7 Å². The first kappa shape index (κ1) is 23.1. The van der Waals surface area contributed by atoms with E-state index in [9.17, 15) is 22.4 Å². The van der Waals surface area contributed by atoms with Gasteiger partial charge in [-0.15, -0.1) is 0 Å². The van der Waals surface area contributed by atoms with Crippen molar-refractivity contribution in [3.05, 3.63) is 60.3 Å². The molecule has 0 saturated heterocycles. The van der Waals surface area contributed by atoms with Crippen molar-refractivity contribution >= 4 is 22.5 Å². The normalized spacial score (nSPS) is 22.5. The summed E-state index contributed by atoms with van der Waals surface area (Å²) in [5.74, 6) is 0.493. The van der Waals surface area contributed by atoms with E-state index in [0.29, 0.717) is 18.9 Å². The van der Waals surface area contributed by atoms with Gasteiger partial charge in [0.05, 0.1) is 17.4 Å². The number of halogens is 4. The zero-order valence-corrected chi connectivity index (χ0v) is 18.2. The number of ether oxygens (including phenoxy) is 1. The van der Waals surface area contributed by atoms with Gasteiger partial charge in [0.25, 0.3) is 0 Å². The van der Waals surface area contributed by atoms with Crippen LogP contribution in [0.4, 0.5) is 23.2 Å². The summed E-state index contributed by atoms with van der Waals surface area (Å²) in [6.07, 6.45) is 1.95. The predicted molar refractivity (Wildman–Crippen MR) is 119 cm³/mol. The van der Waals surface area contributed by atoms with E-state index in [2.05, 4.69) is 10.3 Å². The Morgan fingerprint density at radius 1 is 1.12 bits per heavy atom. The van der Waals surface area contributed by atoms with E-state index < -0.39 is 17.4 Å². The lowest BCUT2D eigenvalue weighted by molar-refractivity contribution is -0.137. The minimum Gasteiger partial charge on any atom is -0.490 e. The van der Waals surface area contributed by atoms with Gasteiger partial charge in [-0.2, -0.15) is 13.2 Å². The first-order valence-corrected chi connectivity index (χ1v) is 11.0. The molecule has 0 aliphatic heterocycles. The van der Waals surface area contributed by atoms with Gasteiger partial charge < -0.3 is 15.0 Å². The van der Waals surface area contributed by atoms with Crippen molar-refractivity contribution in [3.8, 4) is 5.75 Å². The molecule has 2 saturated carbocycles. The Bertz CT molecular complexity index is 1100. The molecule has 2 N–H and O–H groups in total. The summed E-state index contributed by atoms with van der Waals surface area (Å²) in [4.78, 5) is 15.4. The Balaban J connectivity index is 0.000000219. The zero-order valence-electron chi connectivity index (χ0n) is 18.2. The van der Waals surface area contributed by atoms with Crippen molar-refractivity contribution in [2.24, 2.45) is 5.92 Å². The molecule has 5 rings (SSSR count). The summed E-state index contributed by atoms with van der Waals surface area (Å²) in [7, 11) is 0. The Labute approximate surface area is 189 Å². The molecule has 0 radical (unpaired) electrons. The second-order valence-electron chi connectivity index (χ2n) is 8.95. The third-order valence-electron chi connectivity index (χ3n) is 6.08. The Morgan fingerprint density at radius 2 is 1.82 bits per heavy atom. The number of nitrogens with one attached hydrogen (secondary N) is 2. The van der Waals surface area contributed by atoms with Crippen LogP contribution in [0, 0.1) is 5.92 Å². The standard InChI is InChI=1S/C18H21FN2O2.C7H5F3/c1-18(19)8-11(9-18)17(22)21-16-10-20-15-6-5-13(7-14(15)16)23-12-3-2-4-12;8-7(9,10)6-4-2-1-3-5-6/h5-7,10-12,20H,2-4,8-9H2,1H3,(H,21,22);1-5H. The first-order valence-electron chi connectivity index (χ1n) is 11.0. The molecule has 0 unspecified atom stereocenters. The number of alkyl halides is 4. The Hall–Kier alpha value is -3.03. The average molecular weight is 462 g/mol. The van der Waals surface area contributed by atoms with Crippen LogP contribution in [0.15, 0.2) is 54.7 Å². The molecule has 1 aromatic heterocycles.